The molecule has 130 valence electrons. The molecule has 2 rings (SSSR count). The van der Waals surface area contributed by atoms with E-state index in [0.717, 1.165) is 17.8 Å². The Balaban J connectivity index is 1.58. The van der Waals surface area contributed by atoms with E-state index in [2.05, 4.69) is 19.1 Å². The van der Waals surface area contributed by atoms with E-state index in [4.69, 9.17) is 5.26 Å². The van der Waals surface area contributed by atoms with Crippen molar-refractivity contribution < 1.29 is 0 Å². The van der Waals surface area contributed by atoms with Gasteiger partial charge in [0.2, 0.25) is 0 Å². The fourth-order valence-electron chi connectivity index (χ4n) is 4.97. The van der Waals surface area contributed by atoms with Crippen molar-refractivity contribution in [1.82, 2.24) is 0 Å². The van der Waals surface area contributed by atoms with Crippen LogP contribution in [0.2, 0.25) is 0 Å². The van der Waals surface area contributed by atoms with Gasteiger partial charge in [0.1, 0.15) is 0 Å². The molecule has 0 radical (unpaired) electrons. The number of rotatable bonds is 8. The van der Waals surface area contributed by atoms with Gasteiger partial charge in [0.15, 0.2) is 0 Å². The summed E-state index contributed by atoms with van der Waals surface area (Å²) in [6, 6.07) is 2.14. The van der Waals surface area contributed by atoms with Crippen molar-refractivity contribution in [3.63, 3.8) is 0 Å². The Morgan fingerprint density at radius 2 is 1.43 bits per heavy atom. The first-order chi connectivity index (χ1) is 11.3. The molecule has 0 aromatic heterocycles. The average Bonchev–Trinajstić information content (AvgIpc) is 2.61. The molecular formula is C22H37N. The second-order valence-corrected chi connectivity index (χ2v) is 8.15. The molecule has 23 heavy (non-hydrogen) atoms. The van der Waals surface area contributed by atoms with Gasteiger partial charge >= 0.3 is 0 Å². The number of nitrogens with zero attached hydrogens (tertiary/aromatic N) is 1. The maximum Gasteiger partial charge on any atom is 0.0908 e. The van der Waals surface area contributed by atoms with E-state index in [-0.39, 0.29) is 0 Å². The first-order valence-electron chi connectivity index (χ1n) is 10.4. The Labute approximate surface area is 144 Å². The Hall–Kier alpha value is -0.770. The maximum absolute atomic E-state index is 8.64. The molecule has 0 aliphatic heterocycles. The largest absolute Gasteiger partial charge is 0.193 e. The summed E-state index contributed by atoms with van der Waals surface area (Å²) in [7, 11) is 0. The van der Waals surface area contributed by atoms with Gasteiger partial charge in [-0.15, -0.1) is 0 Å². The molecular weight excluding hydrogens is 278 g/mol. The smallest absolute Gasteiger partial charge is 0.0908 e. The van der Waals surface area contributed by atoms with Crippen LogP contribution in [0.4, 0.5) is 0 Å². The highest BCUT2D eigenvalue weighted by Gasteiger charge is 2.30. The predicted octanol–water partition coefficient (Wildman–Crippen LogP) is 7.04. The number of unbranched alkanes of at least 4 members (excludes halogenated alkanes) is 4. The van der Waals surface area contributed by atoms with Crippen LogP contribution in [-0.4, -0.2) is 0 Å². The standard InChI is InChI=1S/C22H37N/c1-2-3-4-5-6-8-19-10-14-21(15-11-19)22-16-12-20(13-17-22)9-7-18-23/h7,9,19-22H,2-6,8,10-17H2,1H3/b9-7+/t19-,20?,21-,22?. The van der Waals surface area contributed by atoms with E-state index < -0.39 is 0 Å². The van der Waals surface area contributed by atoms with Crippen molar-refractivity contribution in [3.8, 4) is 6.07 Å². The summed E-state index contributed by atoms with van der Waals surface area (Å²) < 4.78 is 0. The monoisotopic (exact) mass is 315 g/mol. The van der Waals surface area contributed by atoms with Crippen molar-refractivity contribution >= 4 is 0 Å². The zero-order valence-electron chi connectivity index (χ0n) is 15.3. The van der Waals surface area contributed by atoms with Crippen LogP contribution in [0.3, 0.4) is 0 Å². The van der Waals surface area contributed by atoms with Gasteiger partial charge in [0, 0.05) is 6.08 Å². The molecule has 0 unspecified atom stereocenters. The minimum atomic E-state index is 0.686. The Morgan fingerprint density at radius 1 is 0.826 bits per heavy atom. The lowest BCUT2D eigenvalue weighted by atomic mass is 9.68. The second kappa shape index (κ2) is 10.9. The maximum atomic E-state index is 8.64. The van der Waals surface area contributed by atoms with Crippen LogP contribution in [0, 0.1) is 35.0 Å². The second-order valence-electron chi connectivity index (χ2n) is 8.15. The van der Waals surface area contributed by atoms with E-state index in [0.29, 0.717) is 5.92 Å². The summed E-state index contributed by atoms with van der Waals surface area (Å²) in [5, 5.41) is 8.64. The SMILES string of the molecule is CCCCCCC[C@H]1CC[C@H](C2CCC(/C=C/C#N)CC2)CC1. The molecule has 0 aromatic carbocycles. The van der Waals surface area contributed by atoms with Crippen LogP contribution in [-0.2, 0) is 0 Å². The molecule has 0 N–H and O–H groups in total. The van der Waals surface area contributed by atoms with Crippen LogP contribution in [0.5, 0.6) is 0 Å². The quantitative estimate of drug-likeness (QED) is 0.348. The molecule has 2 saturated carbocycles. The van der Waals surface area contributed by atoms with E-state index in [1.165, 1.54) is 89.9 Å². The Kier molecular flexibility index (Phi) is 8.80. The molecule has 0 heterocycles. The number of hydrogen-bond acceptors (Lipinski definition) is 1. The van der Waals surface area contributed by atoms with Crippen LogP contribution in [0.15, 0.2) is 12.2 Å². The summed E-state index contributed by atoms with van der Waals surface area (Å²) in [6.45, 7) is 2.30. The Bertz CT molecular complexity index is 362. The topological polar surface area (TPSA) is 23.8 Å². The molecule has 0 saturated heterocycles. The first kappa shape index (κ1) is 18.6. The first-order valence-corrected chi connectivity index (χ1v) is 10.4. The molecule has 1 heteroatoms. The lowest BCUT2D eigenvalue weighted by molar-refractivity contribution is 0.151. The van der Waals surface area contributed by atoms with E-state index in [9.17, 15) is 0 Å². The normalized spacial score (nSPS) is 32.0. The third-order valence-electron chi connectivity index (χ3n) is 6.53. The van der Waals surface area contributed by atoms with Gasteiger partial charge in [-0.1, -0.05) is 64.4 Å². The third-order valence-corrected chi connectivity index (χ3v) is 6.53. The average molecular weight is 316 g/mol. The number of nitriles is 1. The van der Waals surface area contributed by atoms with Crippen molar-refractivity contribution in [1.29, 1.82) is 5.26 Å². The highest BCUT2D eigenvalue weighted by Crippen LogP contribution is 2.42. The fourth-order valence-corrected chi connectivity index (χ4v) is 4.97. The highest BCUT2D eigenvalue weighted by molar-refractivity contribution is 5.04. The summed E-state index contributed by atoms with van der Waals surface area (Å²) in [4.78, 5) is 0. The van der Waals surface area contributed by atoms with Gasteiger partial charge in [-0.3, -0.25) is 0 Å². The van der Waals surface area contributed by atoms with Gasteiger partial charge in [0.05, 0.1) is 6.07 Å². The predicted molar refractivity (Wildman–Crippen MR) is 99.0 cm³/mol. The van der Waals surface area contributed by atoms with Crippen LogP contribution in [0.25, 0.3) is 0 Å². The van der Waals surface area contributed by atoms with E-state index in [1.54, 1.807) is 6.08 Å². The molecule has 0 aromatic rings. The zero-order chi connectivity index (χ0) is 16.3. The van der Waals surface area contributed by atoms with Gasteiger partial charge in [0.25, 0.3) is 0 Å². The van der Waals surface area contributed by atoms with E-state index >= 15 is 0 Å². The molecule has 2 fully saturated rings. The van der Waals surface area contributed by atoms with Crippen molar-refractivity contribution in [2.45, 2.75) is 96.8 Å². The van der Waals surface area contributed by atoms with Crippen molar-refractivity contribution in [3.05, 3.63) is 12.2 Å². The molecule has 0 spiro atoms. The van der Waals surface area contributed by atoms with Gasteiger partial charge in [-0.05, 0) is 62.2 Å². The number of hydrogen-bond donors (Lipinski definition) is 0. The number of allylic oxidation sites excluding steroid dienone is 2. The molecule has 0 atom stereocenters. The summed E-state index contributed by atoms with van der Waals surface area (Å²) in [5.74, 6) is 3.74. The van der Waals surface area contributed by atoms with Crippen molar-refractivity contribution in [2.75, 3.05) is 0 Å². The fraction of sp³-hybridized carbons (Fsp3) is 0.864. The molecule has 0 bridgehead atoms. The third kappa shape index (κ3) is 6.70. The summed E-state index contributed by atoms with van der Waals surface area (Å²) in [6.07, 6.45) is 24.0. The van der Waals surface area contributed by atoms with Crippen LogP contribution in [0.1, 0.15) is 96.8 Å². The van der Waals surface area contributed by atoms with Gasteiger partial charge < -0.3 is 0 Å². The lowest BCUT2D eigenvalue weighted by Crippen LogP contribution is -2.25. The minimum absolute atomic E-state index is 0.686. The van der Waals surface area contributed by atoms with Gasteiger partial charge in [-0.2, -0.15) is 5.26 Å². The zero-order valence-corrected chi connectivity index (χ0v) is 15.3. The van der Waals surface area contributed by atoms with E-state index in [1.807, 2.05) is 0 Å². The van der Waals surface area contributed by atoms with Crippen LogP contribution < -0.4 is 0 Å². The molecule has 0 amide bonds. The summed E-state index contributed by atoms with van der Waals surface area (Å²) >= 11 is 0. The minimum Gasteiger partial charge on any atom is -0.193 e. The Morgan fingerprint density at radius 3 is 2.04 bits per heavy atom. The lowest BCUT2D eigenvalue weighted by Gasteiger charge is -2.37. The molecule has 2 aliphatic rings. The molecule has 2 aliphatic carbocycles. The van der Waals surface area contributed by atoms with Crippen molar-refractivity contribution in [2.24, 2.45) is 23.7 Å². The van der Waals surface area contributed by atoms with Crippen LogP contribution >= 0.6 is 0 Å². The van der Waals surface area contributed by atoms with Gasteiger partial charge in [-0.25, -0.2) is 0 Å². The summed E-state index contributed by atoms with van der Waals surface area (Å²) in [5.41, 5.74) is 0. The molecule has 1 nitrogen and oxygen atoms in total. The highest BCUT2D eigenvalue weighted by atomic mass is 14.4.